The van der Waals surface area contributed by atoms with E-state index in [2.05, 4.69) is 10.0 Å². The summed E-state index contributed by atoms with van der Waals surface area (Å²) in [5, 5.41) is 3.37. The molecule has 1 atom stereocenters. The van der Waals surface area contributed by atoms with E-state index in [0.717, 1.165) is 19.3 Å². The molecule has 9 heteroatoms. The third-order valence-corrected chi connectivity index (χ3v) is 4.89. The number of alkyl halides is 3. The van der Waals surface area contributed by atoms with Gasteiger partial charge in [-0.1, -0.05) is 0 Å². The van der Waals surface area contributed by atoms with E-state index in [-0.39, 0.29) is 11.6 Å². The number of nitrogens with one attached hydrogen (secondary N) is 3. The Morgan fingerprint density at radius 1 is 1.32 bits per heavy atom. The summed E-state index contributed by atoms with van der Waals surface area (Å²) in [5.41, 5.74) is -0.00450. The molecule has 0 amide bonds. The quantitative estimate of drug-likeness (QED) is 0.714. The van der Waals surface area contributed by atoms with Crippen LogP contribution in [0.1, 0.15) is 32.1 Å². The van der Waals surface area contributed by atoms with E-state index in [4.69, 9.17) is 0 Å². The maximum absolute atomic E-state index is 12.0. The average Bonchev–Trinajstić information content (AvgIpc) is 2.23. The van der Waals surface area contributed by atoms with Crippen LogP contribution in [0.15, 0.2) is 0 Å². The Labute approximate surface area is 110 Å². The van der Waals surface area contributed by atoms with Crippen molar-refractivity contribution in [2.75, 3.05) is 13.1 Å². The third kappa shape index (κ3) is 4.30. The third-order valence-electron chi connectivity index (χ3n) is 3.73. The molecule has 1 saturated heterocycles. The van der Waals surface area contributed by atoms with Crippen LogP contribution >= 0.6 is 0 Å². The predicted octanol–water partition coefficient (Wildman–Crippen LogP) is 0.647. The maximum Gasteiger partial charge on any atom is 0.402 e. The zero-order valence-electron chi connectivity index (χ0n) is 10.4. The van der Waals surface area contributed by atoms with E-state index < -0.39 is 22.9 Å². The standard InChI is InChI=1S/C10H18F3N3O2S/c11-10(12,13)7-15-19(17,18)16-8-2-5-14-9(6-8)3-1-4-9/h8,14-16H,1-7H2. The van der Waals surface area contributed by atoms with Gasteiger partial charge in [0.05, 0.1) is 0 Å². The van der Waals surface area contributed by atoms with Crippen molar-refractivity contribution in [1.29, 1.82) is 0 Å². The number of piperidine rings is 1. The molecule has 2 fully saturated rings. The van der Waals surface area contributed by atoms with Crippen molar-refractivity contribution < 1.29 is 21.6 Å². The first kappa shape index (κ1) is 15.0. The summed E-state index contributed by atoms with van der Waals surface area (Å²) < 4.78 is 62.8. The molecule has 1 aliphatic heterocycles. The molecule has 0 radical (unpaired) electrons. The van der Waals surface area contributed by atoms with Crippen molar-refractivity contribution in [3.8, 4) is 0 Å². The van der Waals surface area contributed by atoms with Gasteiger partial charge < -0.3 is 5.32 Å². The van der Waals surface area contributed by atoms with Crippen LogP contribution in [-0.4, -0.2) is 39.3 Å². The molecule has 0 aromatic carbocycles. The van der Waals surface area contributed by atoms with E-state index in [9.17, 15) is 21.6 Å². The average molecular weight is 301 g/mol. The van der Waals surface area contributed by atoms with Gasteiger partial charge in [0.15, 0.2) is 0 Å². The Kier molecular flexibility index (Phi) is 4.10. The Hall–Kier alpha value is -0.380. The molecule has 1 heterocycles. The van der Waals surface area contributed by atoms with Crippen LogP contribution in [-0.2, 0) is 10.2 Å². The second kappa shape index (κ2) is 5.19. The lowest BCUT2D eigenvalue weighted by Crippen LogP contribution is -2.60. The van der Waals surface area contributed by atoms with Crippen molar-refractivity contribution in [2.45, 2.75) is 49.9 Å². The van der Waals surface area contributed by atoms with Crippen LogP contribution in [0.5, 0.6) is 0 Å². The number of hydrogen-bond acceptors (Lipinski definition) is 3. The van der Waals surface area contributed by atoms with E-state index in [1.54, 1.807) is 0 Å². The van der Waals surface area contributed by atoms with Crippen molar-refractivity contribution in [3.63, 3.8) is 0 Å². The molecule has 19 heavy (non-hydrogen) atoms. The molecule has 0 aromatic heterocycles. The molecule has 2 rings (SSSR count). The molecule has 1 saturated carbocycles. The van der Waals surface area contributed by atoms with Gasteiger partial charge in [0, 0.05) is 11.6 Å². The van der Waals surface area contributed by atoms with E-state index >= 15 is 0 Å². The van der Waals surface area contributed by atoms with Gasteiger partial charge in [-0.3, -0.25) is 0 Å². The van der Waals surface area contributed by atoms with Crippen LogP contribution in [0.3, 0.4) is 0 Å². The molecular formula is C10H18F3N3O2S. The van der Waals surface area contributed by atoms with Gasteiger partial charge in [-0.2, -0.15) is 31.0 Å². The first-order valence-electron chi connectivity index (χ1n) is 6.29. The number of rotatable bonds is 4. The number of hydrogen-bond donors (Lipinski definition) is 3. The van der Waals surface area contributed by atoms with Gasteiger partial charge in [0.2, 0.25) is 0 Å². The number of halogens is 3. The van der Waals surface area contributed by atoms with Gasteiger partial charge >= 0.3 is 6.18 Å². The van der Waals surface area contributed by atoms with E-state index in [1.807, 2.05) is 0 Å². The van der Waals surface area contributed by atoms with Gasteiger partial charge in [-0.25, -0.2) is 0 Å². The summed E-state index contributed by atoms with van der Waals surface area (Å²) in [6.45, 7) is -0.856. The second-order valence-electron chi connectivity index (χ2n) is 5.31. The summed E-state index contributed by atoms with van der Waals surface area (Å²) in [6, 6.07) is -0.299. The summed E-state index contributed by atoms with van der Waals surface area (Å²) in [5.74, 6) is 0. The molecule has 1 aliphatic carbocycles. The van der Waals surface area contributed by atoms with Gasteiger partial charge in [0.1, 0.15) is 6.54 Å². The summed E-state index contributed by atoms with van der Waals surface area (Å²) >= 11 is 0. The Balaban J connectivity index is 1.85. The van der Waals surface area contributed by atoms with Crippen molar-refractivity contribution in [2.24, 2.45) is 0 Å². The zero-order chi connectivity index (χ0) is 14.1. The van der Waals surface area contributed by atoms with Crippen LogP contribution in [0.2, 0.25) is 0 Å². The fourth-order valence-corrected chi connectivity index (χ4v) is 3.76. The molecule has 112 valence electrons. The molecular weight excluding hydrogens is 283 g/mol. The minimum Gasteiger partial charge on any atom is -0.311 e. The minimum absolute atomic E-state index is 0.00450. The normalized spacial score (nSPS) is 27.2. The summed E-state index contributed by atoms with van der Waals surface area (Å²) in [6.07, 6.45) is -0.201. The lowest BCUT2D eigenvalue weighted by atomic mass is 9.70. The highest BCUT2D eigenvalue weighted by Gasteiger charge is 2.41. The molecule has 5 nitrogen and oxygen atoms in total. The Bertz CT molecular complexity index is 420. The summed E-state index contributed by atoms with van der Waals surface area (Å²) in [4.78, 5) is 0. The van der Waals surface area contributed by atoms with Crippen LogP contribution in [0.25, 0.3) is 0 Å². The fourth-order valence-electron chi connectivity index (χ4n) is 2.68. The fraction of sp³-hybridized carbons (Fsp3) is 1.00. The van der Waals surface area contributed by atoms with Gasteiger partial charge in [0.25, 0.3) is 10.2 Å². The van der Waals surface area contributed by atoms with Crippen LogP contribution in [0, 0.1) is 0 Å². The first-order chi connectivity index (χ1) is 8.70. The maximum atomic E-state index is 12.0. The largest absolute Gasteiger partial charge is 0.402 e. The zero-order valence-corrected chi connectivity index (χ0v) is 11.2. The second-order valence-corrected chi connectivity index (χ2v) is 6.84. The van der Waals surface area contributed by atoms with E-state index in [0.29, 0.717) is 19.4 Å². The highest BCUT2D eigenvalue weighted by atomic mass is 32.2. The topological polar surface area (TPSA) is 70.2 Å². The van der Waals surface area contributed by atoms with E-state index in [1.165, 1.54) is 4.72 Å². The molecule has 0 bridgehead atoms. The lowest BCUT2D eigenvalue weighted by molar-refractivity contribution is -0.121. The molecule has 1 unspecified atom stereocenters. The van der Waals surface area contributed by atoms with Gasteiger partial charge in [-0.05, 0) is 38.6 Å². The van der Waals surface area contributed by atoms with Crippen LogP contribution < -0.4 is 14.8 Å². The highest BCUT2D eigenvalue weighted by Crippen LogP contribution is 2.38. The lowest BCUT2D eigenvalue weighted by Gasteiger charge is -2.48. The van der Waals surface area contributed by atoms with Crippen LogP contribution in [0.4, 0.5) is 13.2 Å². The minimum atomic E-state index is -4.54. The monoisotopic (exact) mass is 301 g/mol. The highest BCUT2D eigenvalue weighted by molar-refractivity contribution is 7.87. The summed E-state index contributed by atoms with van der Waals surface area (Å²) in [7, 11) is -4.10. The van der Waals surface area contributed by atoms with Crippen molar-refractivity contribution in [3.05, 3.63) is 0 Å². The molecule has 1 spiro atoms. The molecule has 2 aliphatic rings. The molecule has 3 N–H and O–H groups in total. The Morgan fingerprint density at radius 2 is 2.00 bits per heavy atom. The SMILES string of the molecule is O=S(=O)(NCC(F)(F)F)NC1CCNC2(CCC2)C1. The van der Waals surface area contributed by atoms with Crippen molar-refractivity contribution >= 4 is 10.2 Å². The predicted molar refractivity (Wildman–Crippen MR) is 63.7 cm³/mol. The Morgan fingerprint density at radius 3 is 2.53 bits per heavy atom. The first-order valence-corrected chi connectivity index (χ1v) is 7.77. The smallest absolute Gasteiger partial charge is 0.311 e. The van der Waals surface area contributed by atoms with Crippen molar-refractivity contribution in [1.82, 2.24) is 14.8 Å². The molecule has 0 aromatic rings. The van der Waals surface area contributed by atoms with Gasteiger partial charge in [-0.15, -0.1) is 0 Å².